The summed E-state index contributed by atoms with van der Waals surface area (Å²) in [5.74, 6) is 3.19. The number of amides is 1. The van der Waals surface area contributed by atoms with Crippen LogP contribution in [0.5, 0.6) is 0 Å². The maximum absolute atomic E-state index is 11.8. The molecule has 0 aliphatic heterocycles. The van der Waals surface area contributed by atoms with Gasteiger partial charge in [0.2, 0.25) is 5.91 Å². The van der Waals surface area contributed by atoms with Gasteiger partial charge in [0.1, 0.15) is 0 Å². The van der Waals surface area contributed by atoms with Crippen LogP contribution in [0.4, 0.5) is 0 Å². The third-order valence-electron chi connectivity index (χ3n) is 5.86. The van der Waals surface area contributed by atoms with Crippen LogP contribution in [-0.4, -0.2) is 11.9 Å². The molecule has 0 aromatic carbocycles. The summed E-state index contributed by atoms with van der Waals surface area (Å²) >= 11 is 0. The van der Waals surface area contributed by atoms with E-state index in [1.807, 2.05) is 0 Å². The molecular weight excluding hydrogens is 222 g/mol. The average molecular weight is 249 g/mol. The zero-order chi connectivity index (χ0) is 12.8. The van der Waals surface area contributed by atoms with Crippen LogP contribution in [0, 0.1) is 23.2 Å². The second kappa shape index (κ2) is 4.54. The third-order valence-corrected chi connectivity index (χ3v) is 5.86. The number of hydrogen-bond donors (Lipinski definition) is 1. The van der Waals surface area contributed by atoms with Crippen LogP contribution in [0.2, 0.25) is 0 Å². The molecule has 0 unspecified atom stereocenters. The fourth-order valence-electron chi connectivity index (χ4n) is 5.40. The quantitative estimate of drug-likeness (QED) is 0.811. The maximum Gasteiger partial charge on any atom is 0.220 e. The highest BCUT2D eigenvalue weighted by Gasteiger charge is 2.53. The Bertz CT molecular complexity index is 301. The van der Waals surface area contributed by atoms with Crippen molar-refractivity contribution >= 4 is 5.91 Å². The van der Waals surface area contributed by atoms with E-state index in [0.717, 1.165) is 24.2 Å². The van der Waals surface area contributed by atoms with Gasteiger partial charge in [0.25, 0.3) is 0 Å². The zero-order valence-electron chi connectivity index (χ0n) is 11.9. The van der Waals surface area contributed by atoms with E-state index in [2.05, 4.69) is 19.2 Å². The maximum atomic E-state index is 11.8. The van der Waals surface area contributed by atoms with Crippen LogP contribution in [0.15, 0.2) is 0 Å². The smallest absolute Gasteiger partial charge is 0.220 e. The Balaban J connectivity index is 1.69. The van der Waals surface area contributed by atoms with Crippen molar-refractivity contribution in [3.63, 3.8) is 0 Å². The second-order valence-electron chi connectivity index (χ2n) is 7.32. The topological polar surface area (TPSA) is 29.1 Å². The van der Waals surface area contributed by atoms with Gasteiger partial charge in [0.15, 0.2) is 0 Å². The lowest BCUT2D eigenvalue weighted by Crippen LogP contribution is -2.55. The number of nitrogens with one attached hydrogen (secondary N) is 1. The van der Waals surface area contributed by atoms with E-state index in [9.17, 15) is 4.79 Å². The molecule has 4 fully saturated rings. The van der Waals surface area contributed by atoms with Gasteiger partial charge < -0.3 is 5.32 Å². The van der Waals surface area contributed by atoms with E-state index >= 15 is 0 Å². The summed E-state index contributed by atoms with van der Waals surface area (Å²) in [5, 5.41) is 3.30. The minimum absolute atomic E-state index is 0.265. The molecule has 0 heterocycles. The molecule has 2 nitrogen and oxygen atoms in total. The number of rotatable bonds is 4. The molecule has 0 aromatic rings. The van der Waals surface area contributed by atoms with Gasteiger partial charge in [-0.2, -0.15) is 0 Å². The molecule has 4 rings (SSSR count). The van der Waals surface area contributed by atoms with E-state index < -0.39 is 0 Å². The van der Waals surface area contributed by atoms with Gasteiger partial charge in [-0.05, 0) is 75.0 Å². The molecule has 0 saturated heterocycles. The Morgan fingerprint density at radius 3 is 2.11 bits per heavy atom. The van der Waals surface area contributed by atoms with E-state index in [0.29, 0.717) is 17.9 Å². The molecule has 18 heavy (non-hydrogen) atoms. The van der Waals surface area contributed by atoms with Gasteiger partial charge >= 0.3 is 0 Å². The van der Waals surface area contributed by atoms with Crippen molar-refractivity contribution in [2.75, 3.05) is 0 Å². The summed E-state index contributed by atoms with van der Waals surface area (Å²) in [6, 6.07) is 0.393. The number of carbonyl (C=O) groups is 1. The van der Waals surface area contributed by atoms with Gasteiger partial charge in [0, 0.05) is 12.5 Å². The molecule has 4 saturated carbocycles. The highest BCUT2D eigenvalue weighted by molar-refractivity contribution is 5.76. The van der Waals surface area contributed by atoms with E-state index in [1.165, 1.54) is 38.5 Å². The van der Waals surface area contributed by atoms with Gasteiger partial charge in [0.05, 0.1) is 0 Å². The zero-order valence-corrected chi connectivity index (χ0v) is 11.9. The summed E-state index contributed by atoms with van der Waals surface area (Å²) < 4.78 is 0. The van der Waals surface area contributed by atoms with Gasteiger partial charge in [-0.15, -0.1) is 0 Å². The summed E-state index contributed by atoms with van der Waals surface area (Å²) in [7, 11) is 0. The number of carbonyl (C=O) groups excluding carboxylic acids is 1. The highest BCUT2D eigenvalue weighted by atomic mass is 16.1. The molecule has 0 radical (unpaired) electrons. The molecule has 102 valence electrons. The van der Waals surface area contributed by atoms with Crippen molar-refractivity contribution in [3.05, 3.63) is 0 Å². The van der Waals surface area contributed by atoms with Crippen LogP contribution in [0.25, 0.3) is 0 Å². The Morgan fingerprint density at radius 2 is 1.67 bits per heavy atom. The van der Waals surface area contributed by atoms with Crippen LogP contribution in [0.3, 0.4) is 0 Å². The highest BCUT2D eigenvalue weighted by Crippen LogP contribution is 2.61. The van der Waals surface area contributed by atoms with Crippen molar-refractivity contribution in [3.8, 4) is 0 Å². The molecular formula is C16H27NO. The minimum Gasteiger partial charge on any atom is -0.353 e. The van der Waals surface area contributed by atoms with Gasteiger partial charge in [-0.1, -0.05) is 6.92 Å². The largest absolute Gasteiger partial charge is 0.353 e. The molecule has 1 amide bonds. The molecule has 0 spiro atoms. The Kier molecular flexibility index (Phi) is 3.15. The summed E-state index contributed by atoms with van der Waals surface area (Å²) in [6.07, 6.45) is 10.2. The molecule has 2 heteroatoms. The fraction of sp³-hybridized carbons (Fsp3) is 0.938. The molecule has 4 aliphatic carbocycles. The average Bonchev–Trinajstić information content (AvgIpc) is 2.27. The monoisotopic (exact) mass is 249 g/mol. The lowest BCUT2D eigenvalue weighted by atomic mass is 9.48. The van der Waals surface area contributed by atoms with Crippen molar-refractivity contribution in [2.45, 2.75) is 71.3 Å². The third kappa shape index (κ3) is 2.08. The molecule has 1 N–H and O–H groups in total. The normalized spacial score (nSPS) is 42.9. The summed E-state index contributed by atoms with van der Waals surface area (Å²) in [6.45, 7) is 4.34. The predicted octanol–water partition coefficient (Wildman–Crippen LogP) is 3.51. The second-order valence-corrected chi connectivity index (χ2v) is 7.32. The Morgan fingerprint density at radius 1 is 1.17 bits per heavy atom. The first-order chi connectivity index (χ1) is 8.61. The summed E-state index contributed by atoms with van der Waals surface area (Å²) in [5.41, 5.74) is 0.456. The van der Waals surface area contributed by atoms with Gasteiger partial charge in [-0.3, -0.25) is 4.79 Å². The van der Waals surface area contributed by atoms with E-state index in [-0.39, 0.29) is 5.91 Å². The first kappa shape index (κ1) is 12.5. The van der Waals surface area contributed by atoms with Crippen molar-refractivity contribution < 1.29 is 4.79 Å². The van der Waals surface area contributed by atoms with Crippen molar-refractivity contribution in [1.82, 2.24) is 5.32 Å². The lowest BCUT2D eigenvalue weighted by Gasteiger charge is -2.59. The Labute approximate surface area is 111 Å². The standard InChI is InChI=1S/C16H27NO/c1-3-4-15(18)17-11(2)16-8-12-5-13(9-16)7-14(6-12)10-16/h11-14H,3-10H2,1-2H3,(H,17,18)/t11-,12?,13?,14?,16?/m0/s1. The molecule has 4 aliphatic rings. The van der Waals surface area contributed by atoms with Gasteiger partial charge in [-0.25, -0.2) is 0 Å². The molecule has 0 aromatic heterocycles. The van der Waals surface area contributed by atoms with Crippen LogP contribution in [-0.2, 0) is 4.79 Å². The predicted molar refractivity (Wildman–Crippen MR) is 73.1 cm³/mol. The van der Waals surface area contributed by atoms with Crippen LogP contribution in [0.1, 0.15) is 65.2 Å². The van der Waals surface area contributed by atoms with Crippen molar-refractivity contribution in [2.24, 2.45) is 23.2 Å². The first-order valence-corrected chi connectivity index (χ1v) is 7.90. The molecule has 4 bridgehead atoms. The van der Waals surface area contributed by atoms with Crippen LogP contribution < -0.4 is 5.32 Å². The first-order valence-electron chi connectivity index (χ1n) is 7.90. The van der Waals surface area contributed by atoms with E-state index in [4.69, 9.17) is 0 Å². The van der Waals surface area contributed by atoms with Crippen molar-refractivity contribution in [1.29, 1.82) is 0 Å². The minimum atomic E-state index is 0.265. The molecule has 1 atom stereocenters. The SMILES string of the molecule is CCCC(=O)N[C@@H](C)C12CC3CC(CC(C3)C1)C2. The van der Waals surface area contributed by atoms with E-state index in [1.54, 1.807) is 0 Å². The van der Waals surface area contributed by atoms with Crippen LogP contribution >= 0.6 is 0 Å². The summed E-state index contributed by atoms with van der Waals surface area (Å²) in [4.78, 5) is 11.8. The lowest BCUT2D eigenvalue weighted by molar-refractivity contribution is -0.125. The number of hydrogen-bond acceptors (Lipinski definition) is 1. The fourth-order valence-corrected chi connectivity index (χ4v) is 5.40. The Hall–Kier alpha value is -0.530.